The number of aromatic nitrogens is 2. The number of ether oxygens (including phenoxy) is 1. The quantitative estimate of drug-likeness (QED) is 0.587. The summed E-state index contributed by atoms with van der Waals surface area (Å²) in [6.07, 6.45) is 4.08. The smallest absolute Gasteiger partial charge is 0.161 e. The first kappa shape index (κ1) is 20.4. The molecule has 2 aromatic carbocycles. The summed E-state index contributed by atoms with van der Waals surface area (Å²) in [5.41, 5.74) is 4.60. The van der Waals surface area contributed by atoms with Gasteiger partial charge in [-0.1, -0.05) is 35.9 Å². The zero-order valence-electron chi connectivity index (χ0n) is 15.7. The van der Waals surface area contributed by atoms with Crippen molar-refractivity contribution in [3.05, 3.63) is 70.4 Å². The molecule has 1 aromatic heterocycles. The van der Waals surface area contributed by atoms with E-state index in [2.05, 4.69) is 17.4 Å². The Balaban J connectivity index is 0.00000225. The summed E-state index contributed by atoms with van der Waals surface area (Å²) < 4.78 is 5.30. The molecule has 3 aromatic rings. The minimum atomic E-state index is 0. The molecular formula is C22H23Cl2N3O. The molecule has 1 heterocycles. The molecule has 0 amide bonds. The second-order valence-electron chi connectivity index (χ2n) is 6.71. The van der Waals surface area contributed by atoms with Crippen molar-refractivity contribution in [3.63, 3.8) is 0 Å². The summed E-state index contributed by atoms with van der Waals surface area (Å²) in [5.74, 6) is 2.58. The zero-order valence-corrected chi connectivity index (χ0v) is 17.3. The van der Waals surface area contributed by atoms with E-state index in [0.29, 0.717) is 5.02 Å². The normalized spacial score (nSPS) is 12.2. The molecule has 28 heavy (non-hydrogen) atoms. The summed E-state index contributed by atoms with van der Waals surface area (Å²) >= 11 is 6.15. The Hall–Kier alpha value is -2.30. The molecule has 146 valence electrons. The first-order chi connectivity index (χ1) is 13.2. The number of anilines is 1. The maximum absolute atomic E-state index is 6.15. The van der Waals surface area contributed by atoms with Crippen LogP contribution in [0, 0.1) is 0 Å². The Morgan fingerprint density at radius 3 is 2.75 bits per heavy atom. The number of aryl methyl sites for hydroxylation is 1. The summed E-state index contributed by atoms with van der Waals surface area (Å²) in [7, 11) is 1.69. The monoisotopic (exact) mass is 415 g/mol. The second-order valence-corrected chi connectivity index (χ2v) is 7.15. The van der Waals surface area contributed by atoms with E-state index in [4.69, 9.17) is 26.3 Å². The van der Waals surface area contributed by atoms with Gasteiger partial charge in [0, 0.05) is 28.4 Å². The molecule has 0 bridgehead atoms. The number of nitrogens with one attached hydrogen (secondary N) is 1. The van der Waals surface area contributed by atoms with Crippen molar-refractivity contribution in [2.75, 3.05) is 19.0 Å². The van der Waals surface area contributed by atoms with Crippen molar-refractivity contribution in [2.45, 2.75) is 25.7 Å². The van der Waals surface area contributed by atoms with Crippen LogP contribution in [0.25, 0.3) is 11.4 Å². The Morgan fingerprint density at radius 2 is 1.93 bits per heavy atom. The van der Waals surface area contributed by atoms with Crippen LogP contribution in [0.3, 0.4) is 0 Å². The molecule has 0 spiro atoms. The predicted molar refractivity (Wildman–Crippen MR) is 117 cm³/mol. The van der Waals surface area contributed by atoms with Crippen molar-refractivity contribution in [1.29, 1.82) is 0 Å². The van der Waals surface area contributed by atoms with Gasteiger partial charge in [0.1, 0.15) is 11.6 Å². The van der Waals surface area contributed by atoms with Gasteiger partial charge in [0.2, 0.25) is 0 Å². The first-order valence-corrected chi connectivity index (χ1v) is 9.63. The minimum Gasteiger partial charge on any atom is -0.497 e. The van der Waals surface area contributed by atoms with E-state index in [0.717, 1.165) is 60.9 Å². The summed E-state index contributed by atoms with van der Waals surface area (Å²) in [4.78, 5) is 9.60. The highest BCUT2D eigenvalue weighted by Crippen LogP contribution is 2.30. The van der Waals surface area contributed by atoms with Crippen molar-refractivity contribution >= 4 is 29.8 Å². The fourth-order valence-electron chi connectivity index (χ4n) is 3.49. The number of halogens is 2. The number of rotatable bonds is 6. The van der Waals surface area contributed by atoms with Gasteiger partial charge in [0.25, 0.3) is 0 Å². The van der Waals surface area contributed by atoms with Crippen LogP contribution in [0.5, 0.6) is 5.75 Å². The first-order valence-electron chi connectivity index (χ1n) is 9.25. The Morgan fingerprint density at radius 1 is 1.07 bits per heavy atom. The van der Waals surface area contributed by atoms with Gasteiger partial charge in [0.15, 0.2) is 5.82 Å². The van der Waals surface area contributed by atoms with Crippen LogP contribution in [-0.4, -0.2) is 23.6 Å². The largest absolute Gasteiger partial charge is 0.497 e. The zero-order chi connectivity index (χ0) is 18.6. The summed E-state index contributed by atoms with van der Waals surface area (Å²) in [6, 6.07) is 15.9. The molecule has 0 saturated carbocycles. The van der Waals surface area contributed by atoms with Crippen LogP contribution in [0.1, 0.15) is 23.2 Å². The van der Waals surface area contributed by atoms with Gasteiger partial charge in [-0.3, -0.25) is 0 Å². The van der Waals surface area contributed by atoms with Crippen molar-refractivity contribution in [2.24, 2.45) is 0 Å². The highest BCUT2D eigenvalue weighted by atomic mass is 35.5. The van der Waals surface area contributed by atoms with Gasteiger partial charge in [-0.25, -0.2) is 9.97 Å². The summed E-state index contributed by atoms with van der Waals surface area (Å²) in [6.45, 7) is 0.811. The van der Waals surface area contributed by atoms with E-state index < -0.39 is 0 Å². The van der Waals surface area contributed by atoms with E-state index in [9.17, 15) is 0 Å². The number of benzene rings is 2. The molecular weight excluding hydrogens is 393 g/mol. The maximum atomic E-state index is 6.15. The molecule has 1 aliphatic carbocycles. The molecule has 0 saturated heterocycles. The van der Waals surface area contributed by atoms with Gasteiger partial charge in [0.05, 0.1) is 7.11 Å². The number of nitrogens with zero attached hydrogens (tertiary/aromatic N) is 2. The third kappa shape index (κ3) is 4.57. The lowest BCUT2D eigenvalue weighted by atomic mass is 10.1. The Labute approximate surface area is 176 Å². The predicted octanol–water partition coefficient (Wildman–Crippen LogP) is 5.37. The Kier molecular flexibility index (Phi) is 6.76. The number of hydrogen-bond donors (Lipinski definition) is 1. The molecule has 0 radical (unpaired) electrons. The highest BCUT2D eigenvalue weighted by molar-refractivity contribution is 6.30. The van der Waals surface area contributed by atoms with Gasteiger partial charge in [-0.15, -0.1) is 12.4 Å². The third-order valence-electron chi connectivity index (χ3n) is 4.86. The van der Waals surface area contributed by atoms with Crippen LogP contribution in [-0.2, 0) is 19.3 Å². The fourth-order valence-corrected chi connectivity index (χ4v) is 3.68. The third-order valence-corrected chi connectivity index (χ3v) is 5.09. The number of hydrogen-bond acceptors (Lipinski definition) is 4. The molecule has 0 unspecified atom stereocenters. The van der Waals surface area contributed by atoms with Crippen LogP contribution >= 0.6 is 24.0 Å². The molecule has 6 heteroatoms. The fraction of sp³-hybridized carbons (Fsp3) is 0.273. The van der Waals surface area contributed by atoms with Gasteiger partial charge in [-0.2, -0.15) is 0 Å². The van der Waals surface area contributed by atoms with Crippen LogP contribution in [0.15, 0.2) is 48.5 Å². The van der Waals surface area contributed by atoms with Crippen LogP contribution in [0.2, 0.25) is 5.02 Å². The summed E-state index contributed by atoms with van der Waals surface area (Å²) in [5, 5.41) is 4.23. The number of methoxy groups -OCH3 is 1. The highest BCUT2D eigenvalue weighted by Gasteiger charge is 2.19. The van der Waals surface area contributed by atoms with Crippen molar-refractivity contribution < 1.29 is 4.74 Å². The molecule has 0 atom stereocenters. The molecule has 1 aliphatic rings. The van der Waals surface area contributed by atoms with Gasteiger partial charge in [-0.05, 0) is 55.5 Å². The minimum absolute atomic E-state index is 0. The van der Waals surface area contributed by atoms with E-state index in [1.165, 1.54) is 11.1 Å². The maximum Gasteiger partial charge on any atom is 0.161 e. The van der Waals surface area contributed by atoms with E-state index in [1.807, 2.05) is 36.4 Å². The van der Waals surface area contributed by atoms with Crippen LogP contribution in [0.4, 0.5) is 5.82 Å². The van der Waals surface area contributed by atoms with Gasteiger partial charge < -0.3 is 10.1 Å². The Bertz CT molecular complexity index is 962. The standard InChI is InChI=1S/C22H22ClN3O.ClH/c1-27-18-8-2-5-15(13-18)11-12-24-22-19-9-4-10-20(19)25-21(26-22)16-6-3-7-17(23)14-16;/h2-3,5-8,13-14H,4,9-12H2,1H3,(H,24,25,26);1H. The molecule has 0 aliphatic heterocycles. The number of fused-ring (bicyclic) bond motifs is 1. The molecule has 4 nitrogen and oxygen atoms in total. The van der Waals surface area contributed by atoms with Crippen molar-refractivity contribution in [1.82, 2.24) is 9.97 Å². The average Bonchev–Trinajstić information content (AvgIpc) is 3.17. The average molecular weight is 416 g/mol. The topological polar surface area (TPSA) is 47.0 Å². The van der Waals surface area contributed by atoms with Crippen LogP contribution < -0.4 is 10.1 Å². The SMILES string of the molecule is COc1cccc(CCNc2nc(-c3cccc(Cl)c3)nc3c2CCC3)c1.Cl. The lowest BCUT2D eigenvalue weighted by molar-refractivity contribution is 0.414. The second kappa shape index (κ2) is 9.26. The van der Waals surface area contributed by atoms with E-state index in [-0.39, 0.29) is 12.4 Å². The lowest BCUT2D eigenvalue weighted by Gasteiger charge is -2.13. The van der Waals surface area contributed by atoms with Gasteiger partial charge >= 0.3 is 0 Å². The van der Waals surface area contributed by atoms with E-state index >= 15 is 0 Å². The molecule has 4 rings (SSSR count). The molecule has 1 N–H and O–H groups in total. The van der Waals surface area contributed by atoms with E-state index in [1.54, 1.807) is 7.11 Å². The molecule has 0 fully saturated rings. The lowest BCUT2D eigenvalue weighted by Crippen LogP contribution is -2.10. The van der Waals surface area contributed by atoms with Crippen molar-refractivity contribution in [3.8, 4) is 17.1 Å².